The molecule has 2 nitrogen and oxygen atoms in total. The van der Waals surface area contributed by atoms with Crippen LogP contribution in [-0.2, 0) is 11.2 Å². The molecule has 1 aromatic rings. The van der Waals surface area contributed by atoms with Crippen molar-refractivity contribution in [3.05, 3.63) is 48.2 Å². The van der Waals surface area contributed by atoms with Gasteiger partial charge in [0.05, 0.1) is 12.9 Å². The minimum absolute atomic E-state index is 0.246. The molecule has 0 heterocycles. The average Bonchev–Trinajstić information content (AvgIpc) is 2.29. The quantitative estimate of drug-likeness (QED) is 0.824. The molecule has 0 aliphatic rings. The van der Waals surface area contributed by atoms with Crippen LogP contribution in [0.25, 0.3) is 0 Å². The smallest absolute Gasteiger partial charge is 0.421 e. The minimum Gasteiger partial charge on any atom is -0.502 e. The molecule has 0 aromatic heterocycles. The molecule has 1 rings (SSSR count). The number of benzene rings is 1. The Morgan fingerprint density at radius 1 is 1.22 bits per heavy atom. The van der Waals surface area contributed by atoms with Crippen LogP contribution in [0, 0.1) is 0 Å². The summed E-state index contributed by atoms with van der Waals surface area (Å²) in [6.07, 6.45) is -3.77. The molecule has 0 radical (unpaired) electrons. The van der Waals surface area contributed by atoms with E-state index in [0.29, 0.717) is 11.6 Å². The van der Waals surface area contributed by atoms with Crippen molar-refractivity contribution in [1.29, 1.82) is 0 Å². The molecule has 18 heavy (non-hydrogen) atoms. The van der Waals surface area contributed by atoms with Gasteiger partial charge in [-0.05, 0) is 18.6 Å². The highest BCUT2D eigenvalue weighted by Crippen LogP contribution is 2.34. The van der Waals surface area contributed by atoms with Crippen molar-refractivity contribution >= 4 is 0 Å². The van der Waals surface area contributed by atoms with Gasteiger partial charge in [0.25, 0.3) is 0 Å². The van der Waals surface area contributed by atoms with Crippen molar-refractivity contribution in [3.63, 3.8) is 0 Å². The van der Waals surface area contributed by atoms with Crippen LogP contribution in [0.5, 0.6) is 0 Å². The van der Waals surface area contributed by atoms with Crippen molar-refractivity contribution in [2.75, 3.05) is 6.61 Å². The Kier molecular flexibility index (Phi) is 4.78. The first-order valence-corrected chi connectivity index (χ1v) is 5.51. The summed E-state index contributed by atoms with van der Waals surface area (Å²) < 4.78 is 43.3. The van der Waals surface area contributed by atoms with Crippen molar-refractivity contribution in [3.8, 4) is 0 Å². The Hall–Kier alpha value is -1.49. The number of aliphatic hydroxyl groups is 1. The lowest BCUT2D eigenvalue weighted by molar-refractivity contribution is -0.239. The molecule has 1 atom stereocenters. The van der Waals surface area contributed by atoms with E-state index in [1.807, 2.05) is 0 Å². The number of rotatable bonds is 5. The second-order valence-corrected chi connectivity index (χ2v) is 3.84. The van der Waals surface area contributed by atoms with Crippen LogP contribution in [0.15, 0.2) is 42.7 Å². The molecule has 1 unspecified atom stereocenters. The van der Waals surface area contributed by atoms with E-state index in [1.54, 1.807) is 25.1 Å². The fraction of sp³-hybridized carbons (Fsp3) is 0.385. The fourth-order valence-electron chi connectivity index (χ4n) is 1.42. The monoisotopic (exact) mass is 260 g/mol. The third kappa shape index (κ3) is 3.77. The first-order valence-electron chi connectivity index (χ1n) is 5.51. The van der Waals surface area contributed by atoms with Gasteiger partial charge in [0.2, 0.25) is 0 Å². The fourth-order valence-corrected chi connectivity index (χ4v) is 1.42. The number of hydrogen-bond acceptors (Lipinski definition) is 2. The summed E-state index contributed by atoms with van der Waals surface area (Å²) in [4.78, 5) is 0. The van der Waals surface area contributed by atoms with Crippen molar-refractivity contribution in [2.24, 2.45) is 0 Å². The van der Waals surface area contributed by atoms with Crippen LogP contribution in [0.3, 0.4) is 0 Å². The van der Waals surface area contributed by atoms with Crippen LogP contribution >= 0.6 is 0 Å². The van der Waals surface area contributed by atoms with Crippen LogP contribution in [-0.4, -0.2) is 23.5 Å². The summed E-state index contributed by atoms with van der Waals surface area (Å²) in [5.74, 6) is 0. The van der Waals surface area contributed by atoms with Crippen LogP contribution in [0.4, 0.5) is 13.2 Å². The first-order chi connectivity index (χ1) is 8.39. The van der Waals surface area contributed by atoms with Gasteiger partial charge >= 0.3 is 6.18 Å². The maximum absolute atomic E-state index is 12.9. The third-order valence-electron chi connectivity index (χ3n) is 2.41. The zero-order valence-corrected chi connectivity index (χ0v) is 9.95. The number of hydrogen-bond donors (Lipinski definition) is 1. The van der Waals surface area contributed by atoms with Gasteiger partial charge in [-0.2, -0.15) is 13.2 Å². The van der Waals surface area contributed by atoms with Crippen molar-refractivity contribution in [1.82, 2.24) is 0 Å². The van der Waals surface area contributed by atoms with Gasteiger partial charge in [0, 0.05) is 6.42 Å². The maximum atomic E-state index is 12.9. The third-order valence-corrected chi connectivity index (χ3v) is 2.41. The van der Waals surface area contributed by atoms with Crippen LogP contribution in [0.2, 0.25) is 0 Å². The van der Waals surface area contributed by atoms with E-state index < -0.39 is 18.2 Å². The molecule has 0 bridgehead atoms. The number of alkyl halides is 3. The summed E-state index contributed by atoms with van der Waals surface area (Å²) in [5.41, 5.74) is -2.51. The predicted octanol–water partition coefficient (Wildman–Crippen LogP) is 3.07. The summed E-state index contributed by atoms with van der Waals surface area (Å²) in [7, 11) is 0. The zero-order valence-electron chi connectivity index (χ0n) is 9.95. The zero-order chi connectivity index (χ0) is 13.6. The van der Waals surface area contributed by atoms with E-state index in [1.165, 1.54) is 12.1 Å². The SMILES string of the molecule is CCO/C=C/C(O)(Cc1ccccc1)C(F)(F)F. The lowest BCUT2D eigenvalue weighted by Crippen LogP contribution is -2.45. The molecule has 0 fully saturated rings. The van der Waals surface area contributed by atoms with Gasteiger partial charge in [-0.1, -0.05) is 30.3 Å². The maximum Gasteiger partial charge on any atom is 0.421 e. The highest BCUT2D eigenvalue weighted by atomic mass is 19.4. The molecule has 5 heteroatoms. The molecule has 0 amide bonds. The molecule has 0 saturated carbocycles. The van der Waals surface area contributed by atoms with E-state index >= 15 is 0 Å². The Morgan fingerprint density at radius 2 is 1.83 bits per heavy atom. The molecule has 1 aromatic carbocycles. The second-order valence-electron chi connectivity index (χ2n) is 3.84. The average molecular weight is 260 g/mol. The van der Waals surface area contributed by atoms with Gasteiger partial charge in [-0.25, -0.2) is 0 Å². The van der Waals surface area contributed by atoms with Gasteiger partial charge in [-0.15, -0.1) is 0 Å². The molecule has 1 N–H and O–H groups in total. The van der Waals surface area contributed by atoms with Gasteiger partial charge in [0.15, 0.2) is 5.60 Å². The van der Waals surface area contributed by atoms with E-state index in [0.717, 1.165) is 6.26 Å². The minimum atomic E-state index is -4.75. The molecular weight excluding hydrogens is 245 g/mol. The highest BCUT2D eigenvalue weighted by molar-refractivity contribution is 5.20. The normalized spacial score (nSPS) is 15.6. The van der Waals surface area contributed by atoms with E-state index in [-0.39, 0.29) is 6.61 Å². The lowest BCUT2D eigenvalue weighted by Gasteiger charge is -2.27. The molecule has 0 saturated heterocycles. The Balaban J connectivity index is 2.92. The Morgan fingerprint density at radius 3 is 2.33 bits per heavy atom. The van der Waals surface area contributed by atoms with Crippen molar-refractivity contribution in [2.45, 2.75) is 25.1 Å². The Labute approximate surface area is 104 Å². The van der Waals surface area contributed by atoms with E-state index in [9.17, 15) is 18.3 Å². The summed E-state index contributed by atoms with van der Waals surface area (Å²) in [6.45, 7) is 1.89. The van der Waals surface area contributed by atoms with Gasteiger partial charge in [0.1, 0.15) is 0 Å². The standard InChI is InChI=1S/C13H15F3O2/c1-2-18-9-8-12(17,13(14,15)16)10-11-6-4-3-5-7-11/h3-9,17H,2,10H2,1H3/b9-8+. The number of halogens is 3. The summed E-state index contributed by atoms with van der Waals surface area (Å²) in [6, 6.07) is 8.01. The van der Waals surface area contributed by atoms with Gasteiger partial charge in [-0.3, -0.25) is 0 Å². The van der Waals surface area contributed by atoms with Crippen LogP contribution < -0.4 is 0 Å². The van der Waals surface area contributed by atoms with E-state index in [4.69, 9.17) is 4.74 Å². The largest absolute Gasteiger partial charge is 0.502 e. The summed E-state index contributed by atoms with van der Waals surface area (Å²) >= 11 is 0. The van der Waals surface area contributed by atoms with Crippen LogP contribution in [0.1, 0.15) is 12.5 Å². The molecule has 0 spiro atoms. The lowest BCUT2D eigenvalue weighted by atomic mass is 9.94. The first kappa shape index (κ1) is 14.6. The van der Waals surface area contributed by atoms with Crippen molar-refractivity contribution < 1.29 is 23.0 Å². The Bertz CT molecular complexity index is 387. The van der Waals surface area contributed by atoms with E-state index in [2.05, 4.69) is 0 Å². The predicted molar refractivity (Wildman–Crippen MR) is 61.9 cm³/mol. The number of ether oxygens (including phenoxy) is 1. The highest BCUT2D eigenvalue weighted by Gasteiger charge is 2.51. The molecule has 100 valence electrons. The summed E-state index contributed by atoms with van der Waals surface area (Å²) in [5, 5.41) is 9.74. The van der Waals surface area contributed by atoms with Gasteiger partial charge < -0.3 is 9.84 Å². The molecular formula is C13H15F3O2. The molecule has 0 aliphatic heterocycles. The second kappa shape index (κ2) is 5.91. The topological polar surface area (TPSA) is 29.5 Å². The molecule has 0 aliphatic carbocycles.